The zero-order valence-corrected chi connectivity index (χ0v) is 15.4. The predicted octanol–water partition coefficient (Wildman–Crippen LogP) is 2.04. The number of aromatic nitrogens is 2. The van der Waals surface area contributed by atoms with Crippen molar-refractivity contribution in [3.63, 3.8) is 0 Å². The Kier molecular flexibility index (Phi) is 4.86. The SMILES string of the molecule is O=C1CCC(n2cc3c(CNC(=O)Nc4cccnc4)cccc3c2O)C(=O)N1. The highest BCUT2D eigenvalue weighted by Gasteiger charge is 2.30. The van der Waals surface area contributed by atoms with Gasteiger partial charge in [0, 0.05) is 36.1 Å². The average Bonchev–Trinajstić information content (AvgIpc) is 3.04. The van der Waals surface area contributed by atoms with Crippen LogP contribution < -0.4 is 16.0 Å². The first-order valence-electron chi connectivity index (χ1n) is 9.13. The van der Waals surface area contributed by atoms with Crippen molar-refractivity contribution in [3.05, 3.63) is 54.5 Å². The highest BCUT2D eigenvalue weighted by molar-refractivity contribution is 6.00. The molecular weight excluding hydrogens is 374 g/mol. The number of piperidine rings is 1. The van der Waals surface area contributed by atoms with Gasteiger partial charge in [-0.15, -0.1) is 0 Å². The lowest BCUT2D eigenvalue weighted by atomic mass is 10.1. The second-order valence-electron chi connectivity index (χ2n) is 6.75. The molecule has 1 aromatic carbocycles. The minimum absolute atomic E-state index is 0.0452. The van der Waals surface area contributed by atoms with E-state index in [2.05, 4.69) is 20.9 Å². The van der Waals surface area contributed by atoms with Gasteiger partial charge in [-0.3, -0.25) is 19.9 Å². The van der Waals surface area contributed by atoms with Gasteiger partial charge in [-0.1, -0.05) is 12.1 Å². The first-order chi connectivity index (χ1) is 14.0. The average molecular weight is 393 g/mol. The Bertz CT molecular complexity index is 1090. The molecule has 1 saturated heterocycles. The molecule has 9 nitrogen and oxygen atoms in total. The molecule has 0 aliphatic carbocycles. The maximum Gasteiger partial charge on any atom is 0.319 e. The van der Waals surface area contributed by atoms with E-state index in [1.807, 2.05) is 6.07 Å². The topological polar surface area (TPSA) is 125 Å². The van der Waals surface area contributed by atoms with Gasteiger partial charge in [-0.25, -0.2) is 4.79 Å². The number of hydrogen-bond donors (Lipinski definition) is 4. The lowest BCUT2D eigenvalue weighted by Gasteiger charge is -2.22. The van der Waals surface area contributed by atoms with Gasteiger partial charge >= 0.3 is 6.03 Å². The minimum atomic E-state index is -0.658. The van der Waals surface area contributed by atoms with Crippen LogP contribution in [-0.4, -0.2) is 32.5 Å². The lowest BCUT2D eigenvalue weighted by Crippen LogP contribution is -2.41. The number of pyridine rings is 1. The molecule has 4 rings (SSSR count). The van der Waals surface area contributed by atoms with Crippen molar-refractivity contribution in [1.82, 2.24) is 20.2 Å². The van der Waals surface area contributed by atoms with Crippen molar-refractivity contribution in [2.24, 2.45) is 0 Å². The van der Waals surface area contributed by atoms with Crippen LogP contribution in [0.4, 0.5) is 10.5 Å². The van der Waals surface area contributed by atoms with Gasteiger partial charge in [0.1, 0.15) is 6.04 Å². The van der Waals surface area contributed by atoms with Crippen LogP contribution in [0, 0.1) is 0 Å². The summed E-state index contributed by atoms with van der Waals surface area (Å²) in [6, 6.07) is 7.75. The molecule has 1 atom stereocenters. The third-order valence-electron chi connectivity index (χ3n) is 4.85. The summed E-state index contributed by atoms with van der Waals surface area (Å²) in [5, 5.41) is 19.7. The number of aromatic hydroxyl groups is 1. The molecule has 0 radical (unpaired) electrons. The summed E-state index contributed by atoms with van der Waals surface area (Å²) in [4.78, 5) is 39.6. The second-order valence-corrected chi connectivity index (χ2v) is 6.75. The molecule has 4 N–H and O–H groups in total. The molecule has 9 heteroatoms. The van der Waals surface area contributed by atoms with Crippen LogP contribution in [-0.2, 0) is 16.1 Å². The van der Waals surface area contributed by atoms with Crippen LogP contribution in [0.3, 0.4) is 0 Å². The Morgan fingerprint density at radius 3 is 2.86 bits per heavy atom. The molecule has 1 aliphatic rings. The highest BCUT2D eigenvalue weighted by Crippen LogP contribution is 2.34. The number of benzene rings is 1. The molecule has 1 unspecified atom stereocenters. The molecular formula is C20H19N5O4. The molecule has 1 aliphatic heterocycles. The molecule has 148 valence electrons. The number of nitrogens with one attached hydrogen (secondary N) is 3. The largest absolute Gasteiger partial charge is 0.494 e. The number of amides is 4. The second kappa shape index (κ2) is 7.63. The fourth-order valence-electron chi connectivity index (χ4n) is 3.43. The van der Waals surface area contributed by atoms with Crippen molar-refractivity contribution >= 4 is 34.3 Å². The van der Waals surface area contributed by atoms with E-state index in [4.69, 9.17) is 0 Å². The van der Waals surface area contributed by atoms with Crippen molar-refractivity contribution in [2.75, 3.05) is 5.32 Å². The first-order valence-corrected chi connectivity index (χ1v) is 9.13. The summed E-state index contributed by atoms with van der Waals surface area (Å²) < 4.78 is 1.48. The maximum absolute atomic E-state index is 12.2. The van der Waals surface area contributed by atoms with Gasteiger partial charge in [0.25, 0.3) is 0 Å². The number of carbonyl (C=O) groups excluding carboxylic acids is 3. The summed E-state index contributed by atoms with van der Waals surface area (Å²) in [5.41, 5.74) is 1.36. The molecule has 0 spiro atoms. The number of anilines is 1. The van der Waals surface area contributed by atoms with E-state index < -0.39 is 11.9 Å². The van der Waals surface area contributed by atoms with E-state index in [-0.39, 0.29) is 30.8 Å². The monoisotopic (exact) mass is 393 g/mol. The Morgan fingerprint density at radius 1 is 1.24 bits per heavy atom. The molecule has 1 fully saturated rings. The quantitative estimate of drug-likeness (QED) is 0.505. The van der Waals surface area contributed by atoms with Crippen molar-refractivity contribution in [1.29, 1.82) is 0 Å². The zero-order valence-electron chi connectivity index (χ0n) is 15.4. The Balaban J connectivity index is 1.54. The van der Waals surface area contributed by atoms with Crippen molar-refractivity contribution < 1.29 is 19.5 Å². The number of hydrogen-bond acceptors (Lipinski definition) is 5. The normalized spacial score (nSPS) is 16.5. The maximum atomic E-state index is 12.2. The van der Waals surface area contributed by atoms with Gasteiger partial charge < -0.3 is 20.3 Å². The van der Waals surface area contributed by atoms with Gasteiger partial charge in [-0.2, -0.15) is 0 Å². The summed E-state index contributed by atoms with van der Waals surface area (Å²) in [5.74, 6) is -0.796. The molecule has 3 aromatic rings. The molecule has 29 heavy (non-hydrogen) atoms. The van der Waals surface area contributed by atoms with E-state index in [1.54, 1.807) is 42.9 Å². The molecule has 2 aromatic heterocycles. The fourth-order valence-corrected chi connectivity index (χ4v) is 3.43. The van der Waals surface area contributed by atoms with Gasteiger partial charge in [-0.05, 0) is 30.2 Å². The molecule has 0 saturated carbocycles. The Hall–Kier alpha value is -3.88. The smallest absolute Gasteiger partial charge is 0.319 e. The van der Waals surface area contributed by atoms with Crippen LogP contribution in [0.1, 0.15) is 24.4 Å². The number of fused-ring (bicyclic) bond motifs is 1. The number of urea groups is 1. The third kappa shape index (κ3) is 3.75. The van der Waals surface area contributed by atoms with Crippen LogP contribution >= 0.6 is 0 Å². The summed E-state index contributed by atoms with van der Waals surface area (Å²) in [6.07, 6.45) is 5.37. The van der Waals surface area contributed by atoms with E-state index in [1.165, 1.54) is 4.57 Å². The number of carbonyl (C=O) groups is 3. The van der Waals surface area contributed by atoms with Crippen molar-refractivity contribution in [2.45, 2.75) is 25.4 Å². The van der Waals surface area contributed by atoms with Gasteiger partial charge in [0.2, 0.25) is 11.8 Å². The van der Waals surface area contributed by atoms with E-state index in [9.17, 15) is 19.5 Å². The fraction of sp³-hybridized carbons (Fsp3) is 0.200. The third-order valence-corrected chi connectivity index (χ3v) is 4.85. The Labute approximate surface area is 165 Å². The highest BCUT2D eigenvalue weighted by atomic mass is 16.3. The van der Waals surface area contributed by atoms with Crippen LogP contribution in [0.5, 0.6) is 5.88 Å². The molecule has 0 bridgehead atoms. The van der Waals surface area contributed by atoms with Crippen LogP contribution in [0.15, 0.2) is 48.9 Å². The minimum Gasteiger partial charge on any atom is -0.494 e. The summed E-state index contributed by atoms with van der Waals surface area (Å²) >= 11 is 0. The van der Waals surface area contributed by atoms with E-state index >= 15 is 0 Å². The van der Waals surface area contributed by atoms with Gasteiger partial charge in [0.05, 0.1) is 11.9 Å². The zero-order chi connectivity index (χ0) is 20.4. The van der Waals surface area contributed by atoms with E-state index in [0.717, 1.165) is 10.9 Å². The van der Waals surface area contributed by atoms with E-state index in [0.29, 0.717) is 17.5 Å². The van der Waals surface area contributed by atoms with Crippen molar-refractivity contribution in [3.8, 4) is 5.88 Å². The summed E-state index contributed by atoms with van der Waals surface area (Å²) in [7, 11) is 0. The number of imide groups is 1. The molecule has 3 heterocycles. The Morgan fingerprint density at radius 2 is 2.10 bits per heavy atom. The lowest BCUT2D eigenvalue weighted by molar-refractivity contribution is -0.135. The predicted molar refractivity (Wildman–Crippen MR) is 105 cm³/mol. The summed E-state index contributed by atoms with van der Waals surface area (Å²) in [6.45, 7) is 0.224. The van der Waals surface area contributed by atoms with Crippen LogP contribution in [0.2, 0.25) is 0 Å². The molecule has 4 amide bonds. The number of nitrogens with zero attached hydrogens (tertiary/aromatic N) is 2. The first kappa shape index (κ1) is 18.5. The van der Waals surface area contributed by atoms with Gasteiger partial charge in [0.15, 0.2) is 5.88 Å². The standard InChI is InChI=1S/C20H19N5O4/c26-17-7-6-16(18(27)24-17)25-11-15-12(3-1-5-14(15)19(25)28)9-22-20(29)23-13-4-2-8-21-10-13/h1-5,8,10-11,16,28H,6-7,9H2,(H2,22,23,29)(H,24,26,27). The number of rotatable bonds is 4. The van der Waals surface area contributed by atoms with Crippen LogP contribution in [0.25, 0.3) is 10.8 Å².